The van der Waals surface area contributed by atoms with E-state index >= 15 is 0 Å². The van der Waals surface area contributed by atoms with Crippen molar-refractivity contribution in [1.82, 2.24) is 9.88 Å². The lowest BCUT2D eigenvalue weighted by atomic mass is 9.99. The van der Waals surface area contributed by atoms with Crippen LogP contribution in [0, 0.1) is 0 Å². The Bertz CT molecular complexity index is 464. The molecule has 0 saturated carbocycles. The molecule has 1 saturated heterocycles. The fourth-order valence-electron chi connectivity index (χ4n) is 2.56. The third-order valence-electron chi connectivity index (χ3n) is 3.66. The summed E-state index contributed by atoms with van der Waals surface area (Å²) in [6.07, 6.45) is 4.31. The molecule has 1 aliphatic heterocycles. The van der Waals surface area contributed by atoms with E-state index in [1.807, 2.05) is 4.90 Å². The summed E-state index contributed by atoms with van der Waals surface area (Å²) in [4.78, 5) is 18.8. The lowest BCUT2D eigenvalue weighted by Gasteiger charge is -2.35. The van der Waals surface area contributed by atoms with Crippen molar-refractivity contribution >= 4 is 23.3 Å². The van der Waals surface area contributed by atoms with Crippen molar-refractivity contribution in [2.24, 2.45) is 0 Å². The van der Waals surface area contributed by atoms with E-state index in [1.165, 1.54) is 6.42 Å². The van der Waals surface area contributed by atoms with Crippen LogP contribution in [0.1, 0.15) is 43.1 Å². The van der Waals surface area contributed by atoms with Crippen molar-refractivity contribution in [3.8, 4) is 0 Å². The van der Waals surface area contributed by atoms with Crippen LogP contribution >= 0.6 is 11.6 Å². The summed E-state index contributed by atoms with van der Waals surface area (Å²) in [6, 6.07) is 3.81. The van der Waals surface area contributed by atoms with Crippen LogP contribution in [-0.4, -0.2) is 35.4 Å². The second-order valence-electron chi connectivity index (χ2n) is 4.83. The SMILES string of the molecule is CCC1CCCCN1C(=O)c1nc(NC)ccc1Cl. The van der Waals surface area contributed by atoms with Gasteiger partial charge in [-0.2, -0.15) is 0 Å². The van der Waals surface area contributed by atoms with Crippen molar-refractivity contribution in [3.63, 3.8) is 0 Å². The first-order valence-electron chi connectivity index (χ1n) is 6.82. The summed E-state index contributed by atoms with van der Waals surface area (Å²) in [5.41, 5.74) is 0.355. The molecule has 1 fully saturated rings. The van der Waals surface area contributed by atoms with Crippen LogP contribution in [0.3, 0.4) is 0 Å². The van der Waals surface area contributed by atoms with E-state index in [2.05, 4.69) is 17.2 Å². The molecular formula is C14H20ClN3O. The molecule has 0 aromatic carbocycles. The maximum absolute atomic E-state index is 12.6. The fraction of sp³-hybridized carbons (Fsp3) is 0.571. The van der Waals surface area contributed by atoms with Gasteiger partial charge in [-0.3, -0.25) is 4.79 Å². The van der Waals surface area contributed by atoms with Gasteiger partial charge in [-0.1, -0.05) is 18.5 Å². The zero-order valence-corrected chi connectivity index (χ0v) is 12.2. The van der Waals surface area contributed by atoms with Gasteiger partial charge in [-0.25, -0.2) is 4.98 Å². The topological polar surface area (TPSA) is 45.2 Å². The molecule has 0 radical (unpaired) electrons. The van der Waals surface area contributed by atoms with Gasteiger partial charge in [0, 0.05) is 19.6 Å². The number of nitrogens with one attached hydrogen (secondary N) is 1. The van der Waals surface area contributed by atoms with E-state index in [1.54, 1.807) is 19.2 Å². The molecule has 19 heavy (non-hydrogen) atoms. The van der Waals surface area contributed by atoms with Crippen LogP contribution in [0.5, 0.6) is 0 Å². The van der Waals surface area contributed by atoms with Gasteiger partial charge in [0.2, 0.25) is 0 Å². The quantitative estimate of drug-likeness (QED) is 0.925. The highest BCUT2D eigenvalue weighted by Gasteiger charge is 2.28. The van der Waals surface area contributed by atoms with Crippen LogP contribution in [0.25, 0.3) is 0 Å². The monoisotopic (exact) mass is 281 g/mol. The van der Waals surface area contributed by atoms with E-state index in [9.17, 15) is 4.79 Å². The first-order chi connectivity index (χ1) is 9.17. The van der Waals surface area contributed by atoms with E-state index in [0.717, 1.165) is 25.8 Å². The molecule has 1 atom stereocenters. The minimum absolute atomic E-state index is 0.0475. The minimum atomic E-state index is -0.0475. The number of anilines is 1. The van der Waals surface area contributed by atoms with Crippen molar-refractivity contribution in [1.29, 1.82) is 0 Å². The molecular weight excluding hydrogens is 262 g/mol. The molecule has 1 N–H and O–H groups in total. The maximum atomic E-state index is 12.6. The number of carbonyl (C=O) groups is 1. The number of aromatic nitrogens is 1. The Balaban J connectivity index is 2.27. The fourth-order valence-corrected chi connectivity index (χ4v) is 2.75. The molecule has 1 amide bonds. The number of amides is 1. The first-order valence-corrected chi connectivity index (χ1v) is 7.20. The lowest BCUT2D eigenvalue weighted by Crippen LogP contribution is -2.43. The van der Waals surface area contributed by atoms with Gasteiger partial charge in [0.25, 0.3) is 5.91 Å². The summed E-state index contributed by atoms with van der Waals surface area (Å²) in [6.45, 7) is 2.93. The number of nitrogens with zero attached hydrogens (tertiary/aromatic N) is 2. The molecule has 0 aliphatic carbocycles. The Morgan fingerprint density at radius 1 is 1.53 bits per heavy atom. The minimum Gasteiger partial charge on any atom is -0.373 e. The van der Waals surface area contributed by atoms with Crippen LogP contribution in [-0.2, 0) is 0 Å². The smallest absolute Gasteiger partial charge is 0.274 e. The number of pyridine rings is 1. The van der Waals surface area contributed by atoms with Crippen molar-refractivity contribution in [3.05, 3.63) is 22.8 Å². The standard InChI is InChI=1S/C14H20ClN3O/c1-3-10-6-4-5-9-18(10)14(19)13-11(15)7-8-12(16-2)17-13/h7-8,10H,3-6,9H2,1-2H3,(H,16,17). The van der Waals surface area contributed by atoms with Gasteiger partial charge in [0.05, 0.1) is 5.02 Å². The van der Waals surface area contributed by atoms with Gasteiger partial charge in [0.15, 0.2) is 0 Å². The Labute approximate surface area is 119 Å². The molecule has 4 nitrogen and oxygen atoms in total. The van der Waals surface area contributed by atoms with Crippen molar-refractivity contribution in [2.45, 2.75) is 38.6 Å². The van der Waals surface area contributed by atoms with Crippen molar-refractivity contribution in [2.75, 3.05) is 18.9 Å². The van der Waals surface area contributed by atoms with Crippen LogP contribution in [0.2, 0.25) is 5.02 Å². The summed E-state index contributed by atoms with van der Waals surface area (Å²) < 4.78 is 0. The van der Waals surface area contributed by atoms with E-state index in [-0.39, 0.29) is 5.91 Å². The predicted molar refractivity (Wildman–Crippen MR) is 77.8 cm³/mol. The molecule has 1 aromatic heterocycles. The summed E-state index contributed by atoms with van der Waals surface area (Å²) in [5, 5.41) is 3.36. The molecule has 104 valence electrons. The molecule has 1 unspecified atom stereocenters. The second-order valence-corrected chi connectivity index (χ2v) is 5.24. The predicted octanol–water partition coefficient (Wildman–Crippen LogP) is 3.18. The largest absolute Gasteiger partial charge is 0.373 e. The van der Waals surface area contributed by atoms with Gasteiger partial charge < -0.3 is 10.2 Å². The molecule has 2 heterocycles. The molecule has 1 aromatic rings. The van der Waals surface area contributed by atoms with E-state index in [0.29, 0.717) is 22.6 Å². The Morgan fingerprint density at radius 3 is 3.00 bits per heavy atom. The van der Waals surface area contributed by atoms with Crippen molar-refractivity contribution < 1.29 is 4.79 Å². The van der Waals surface area contributed by atoms with Gasteiger partial charge in [-0.05, 0) is 37.8 Å². The summed E-state index contributed by atoms with van der Waals surface area (Å²) in [7, 11) is 1.78. The summed E-state index contributed by atoms with van der Waals surface area (Å²) >= 11 is 6.12. The molecule has 0 bridgehead atoms. The Morgan fingerprint density at radius 2 is 2.32 bits per heavy atom. The van der Waals surface area contributed by atoms with Crippen LogP contribution < -0.4 is 5.32 Å². The van der Waals surface area contributed by atoms with Gasteiger partial charge in [-0.15, -0.1) is 0 Å². The number of piperidine rings is 1. The number of carbonyl (C=O) groups excluding carboxylic acids is 1. The average Bonchev–Trinajstić information content (AvgIpc) is 2.47. The number of rotatable bonds is 3. The lowest BCUT2D eigenvalue weighted by molar-refractivity contribution is 0.0602. The van der Waals surface area contributed by atoms with Gasteiger partial charge >= 0.3 is 0 Å². The molecule has 5 heteroatoms. The molecule has 1 aliphatic rings. The zero-order valence-electron chi connectivity index (χ0n) is 11.4. The normalized spacial score (nSPS) is 19.3. The second kappa shape index (κ2) is 6.24. The van der Waals surface area contributed by atoms with E-state index in [4.69, 9.17) is 11.6 Å². The highest BCUT2D eigenvalue weighted by molar-refractivity contribution is 6.33. The zero-order chi connectivity index (χ0) is 13.8. The highest BCUT2D eigenvalue weighted by atomic mass is 35.5. The highest BCUT2D eigenvalue weighted by Crippen LogP contribution is 2.24. The van der Waals surface area contributed by atoms with Gasteiger partial charge in [0.1, 0.15) is 11.5 Å². The Hall–Kier alpha value is -1.29. The number of likely N-dealkylation sites (tertiary alicyclic amines) is 1. The molecule has 0 spiro atoms. The number of halogens is 1. The molecule has 2 rings (SSSR count). The van der Waals surface area contributed by atoms with Crippen LogP contribution in [0.4, 0.5) is 5.82 Å². The third-order valence-corrected chi connectivity index (χ3v) is 3.97. The average molecular weight is 282 g/mol. The van der Waals surface area contributed by atoms with E-state index < -0.39 is 0 Å². The summed E-state index contributed by atoms with van der Waals surface area (Å²) in [5.74, 6) is 0.617. The first kappa shape index (κ1) is 14.1. The van der Waals surface area contributed by atoms with Crippen LogP contribution in [0.15, 0.2) is 12.1 Å². The maximum Gasteiger partial charge on any atom is 0.274 e. The number of hydrogen-bond acceptors (Lipinski definition) is 3. The Kier molecular flexibility index (Phi) is 4.64. The number of hydrogen-bond donors (Lipinski definition) is 1. The third kappa shape index (κ3) is 3.00.